The summed E-state index contributed by atoms with van der Waals surface area (Å²) in [7, 11) is 0. The summed E-state index contributed by atoms with van der Waals surface area (Å²) in [5.74, 6) is 0.392. The van der Waals surface area contributed by atoms with E-state index in [0.717, 1.165) is 22.8 Å². The minimum absolute atomic E-state index is 0.392. The molecule has 0 radical (unpaired) electrons. The van der Waals surface area contributed by atoms with Gasteiger partial charge in [-0.2, -0.15) is 11.3 Å². The molecule has 1 aromatic heterocycles. The first-order chi connectivity index (χ1) is 11.3. The van der Waals surface area contributed by atoms with Gasteiger partial charge in [-0.3, -0.25) is 0 Å². The van der Waals surface area contributed by atoms with Gasteiger partial charge in [0, 0.05) is 11.8 Å². The van der Waals surface area contributed by atoms with Crippen LogP contribution in [0.3, 0.4) is 0 Å². The highest BCUT2D eigenvalue weighted by atomic mass is 32.1. The molecule has 4 rings (SSSR count). The smallest absolute Gasteiger partial charge is 0.126 e. The average molecular weight is 316 g/mol. The fourth-order valence-corrected chi connectivity index (χ4v) is 3.68. The van der Waals surface area contributed by atoms with Gasteiger partial charge in [0.05, 0.1) is 0 Å². The lowest BCUT2D eigenvalue weighted by molar-refractivity contribution is 0.476. The van der Waals surface area contributed by atoms with Gasteiger partial charge in [0.25, 0.3) is 0 Å². The summed E-state index contributed by atoms with van der Waals surface area (Å²) in [4.78, 5) is 0. The molecule has 4 aromatic rings. The molecule has 112 valence electrons. The normalized spacial score (nSPS) is 11.0. The van der Waals surface area contributed by atoms with E-state index < -0.39 is 0 Å². The standard InChI is InChI=1S/C21H16OS/c22-21-17(10-9-15-5-1-4-8-20(15)21)13-16-6-2-3-7-19(16)18-11-12-23-14-18/h1-12,14,22H,13H2. The fourth-order valence-electron chi connectivity index (χ4n) is 3.02. The van der Waals surface area contributed by atoms with Gasteiger partial charge in [-0.1, -0.05) is 60.7 Å². The molecule has 0 saturated heterocycles. The second kappa shape index (κ2) is 5.90. The summed E-state index contributed by atoms with van der Waals surface area (Å²) >= 11 is 1.71. The van der Waals surface area contributed by atoms with Gasteiger partial charge < -0.3 is 5.11 Å². The molecule has 0 atom stereocenters. The van der Waals surface area contributed by atoms with Crippen molar-refractivity contribution in [2.75, 3.05) is 0 Å². The molecule has 2 heteroatoms. The summed E-state index contributed by atoms with van der Waals surface area (Å²) in [5.41, 5.74) is 4.68. The molecule has 0 aliphatic rings. The second-order valence-electron chi connectivity index (χ2n) is 5.64. The van der Waals surface area contributed by atoms with Crippen molar-refractivity contribution in [2.45, 2.75) is 6.42 Å². The highest BCUT2D eigenvalue weighted by Gasteiger charge is 2.10. The zero-order chi connectivity index (χ0) is 15.6. The van der Waals surface area contributed by atoms with Crippen molar-refractivity contribution >= 4 is 22.1 Å². The highest BCUT2D eigenvalue weighted by Crippen LogP contribution is 2.33. The minimum atomic E-state index is 0.392. The molecular formula is C21H16OS. The summed E-state index contributed by atoms with van der Waals surface area (Å²) in [6.45, 7) is 0. The lowest BCUT2D eigenvalue weighted by Crippen LogP contribution is -1.93. The van der Waals surface area contributed by atoms with Crippen molar-refractivity contribution in [1.82, 2.24) is 0 Å². The first kappa shape index (κ1) is 14.0. The molecular weight excluding hydrogens is 300 g/mol. The molecule has 1 nitrogen and oxygen atoms in total. The van der Waals surface area contributed by atoms with Crippen LogP contribution in [0.4, 0.5) is 0 Å². The van der Waals surface area contributed by atoms with E-state index in [4.69, 9.17) is 0 Å². The number of hydrogen-bond acceptors (Lipinski definition) is 2. The second-order valence-corrected chi connectivity index (χ2v) is 6.42. The number of benzene rings is 3. The van der Waals surface area contributed by atoms with Gasteiger partial charge in [-0.15, -0.1) is 0 Å². The molecule has 0 bridgehead atoms. The highest BCUT2D eigenvalue weighted by molar-refractivity contribution is 7.08. The van der Waals surface area contributed by atoms with Crippen LogP contribution in [0.25, 0.3) is 21.9 Å². The number of aromatic hydroxyl groups is 1. The summed E-state index contributed by atoms with van der Waals surface area (Å²) in [6.07, 6.45) is 0.725. The van der Waals surface area contributed by atoms with Crippen molar-refractivity contribution in [1.29, 1.82) is 0 Å². The average Bonchev–Trinajstić information content (AvgIpc) is 3.12. The SMILES string of the molecule is Oc1c(Cc2ccccc2-c2ccsc2)ccc2ccccc12. The molecule has 0 fully saturated rings. The van der Waals surface area contributed by atoms with Crippen LogP contribution in [0.2, 0.25) is 0 Å². The fraction of sp³-hybridized carbons (Fsp3) is 0.0476. The molecule has 0 saturated carbocycles. The van der Waals surface area contributed by atoms with E-state index in [0.29, 0.717) is 5.75 Å². The van der Waals surface area contributed by atoms with Crippen LogP contribution < -0.4 is 0 Å². The van der Waals surface area contributed by atoms with E-state index in [1.165, 1.54) is 16.7 Å². The molecule has 3 aromatic carbocycles. The lowest BCUT2D eigenvalue weighted by Gasteiger charge is -2.11. The van der Waals surface area contributed by atoms with Gasteiger partial charge in [-0.25, -0.2) is 0 Å². The first-order valence-corrected chi connectivity index (χ1v) is 8.57. The van der Waals surface area contributed by atoms with Crippen LogP contribution in [-0.4, -0.2) is 5.11 Å². The number of phenolic OH excluding ortho intramolecular Hbond substituents is 1. The van der Waals surface area contributed by atoms with Gasteiger partial charge in [0.1, 0.15) is 5.75 Å². The maximum atomic E-state index is 10.6. The number of hydrogen-bond donors (Lipinski definition) is 1. The quantitative estimate of drug-likeness (QED) is 0.501. The van der Waals surface area contributed by atoms with E-state index in [1.54, 1.807) is 11.3 Å². The Balaban J connectivity index is 1.79. The zero-order valence-electron chi connectivity index (χ0n) is 12.6. The number of phenols is 1. The van der Waals surface area contributed by atoms with E-state index in [9.17, 15) is 5.11 Å². The maximum Gasteiger partial charge on any atom is 0.126 e. The van der Waals surface area contributed by atoms with Crippen molar-refractivity contribution in [2.24, 2.45) is 0 Å². The predicted octanol–water partition coefficient (Wildman–Crippen LogP) is 5.86. The molecule has 1 heterocycles. The van der Waals surface area contributed by atoms with Gasteiger partial charge >= 0.3 is 0 Å². The Morgan fingerprint density at radius 3 is 2.48 bits per heavy atom. The van der Waals surface area contributed by atoms with Gasteiger partial charge in [0.15, 0.2) is 0 Å². The van der Waals surface area contributed by atoms with Crippen LogP contribution in [0.1, 0.15) is 11.1 Å². The third kappa shape index (κ3) is 2.62. The molecule has 1 N–H and O–H groups in total. The Bertz CT molecular complexity index is 955. The Hall–Kier alpha value is -2.58. The van der Waals surface area contributed by atoms with Gasteiger partial charge in [0.2, 0.25) is 0 Å². The minimum Gasteiger partial charge on any atom is -0.507 e. The molecule has 0 unspecified atom stereocenters. The molecule has 0 aliphatic heterocycles. The van der Waals surface area contributed by atoms with Crippen LogP contribution >= 0.6 is 11.3 Å². The first-order valence-electron chi connectivity index (χ1n) is 7.63. The molecule has 0 spiro atoms. The van der Waals surface area contributed by atoms with E-state index >= 15 is 0 Å². The predicted molar refractivity (Wildman–Crippen MR) is 98.2 cm³/mol. The molecule has 23 heavy (non-hydrogen) atoms. The molecule has 0 amide bonds. The summed E-state index contributed by atoms with van der Waals surface area (Å²) in [6, 6.07) is 22.6. The van der Waals surface area contributed by atoms with Crippen molar-refractivity contribution in [3.8, 4) is 16.9 Å². The molecule has 0 aliphatic carbocycles. The Labute approximate surface area is 139 Å². The Morgan fingerprint density at radius 1 is 0.783 bits per heavy atom. The van der Waals surface area contributed by atoms with E-state index in [1.807, 2.05) is 30.3 Å². The van der Waals surface area contributed by atoms with E-state index in [2.05, 4.69) is 47.2 Å². The number of thiophene rings is 1. The third-order valence-corrected chi connectivity index (χ3v) is 4.90. The van der Waals surface area contributed by atoms with Crippen LogP contribution in [0.15, 0.2) is 77.5 Å². The lowest BCUT2D eigenvalue weighted by atomic mass is 9.94. The van der Waals surface area contributed by atoms with Crippen LogP contribution in [-0.2, 0) is 6.42 Å². The van der Waals surface area contributed by atoms with E-state index in [-0.39, 0.29) is 0 Å². The zero-order valence-corrected chi connectivity index (χ0v) is 13.4. The number of rotatable bonds is 3. The van der Waals surface area contributed by atoms with Gasteiger partial charge in [-0.05, 0) is 44.5 Å². The van der Waals surface area contributed by atoms with Crippen molar-refractivity contribution < 1.29 is 5.11 Å². The summed E-state index contributed by atoms with van der Waals surface area (Å²) < 4.78 is 0. The van der Waals surface area contributed by atoms with Crippen molar-refractivity contribution in [3.63, 3.8) is 0 Å². The monoisotopic (exact) mass is 316 g/mol. The number of fused-ring (bicyclic) bond motifs is 1. The van der Waals surface area contributed by atoms with Crippen LogP contribution in [0.5, 0.6) is 5.75 Å². The van der Waals surface area contributed by atoms with Crippen LogP contribution in [0, 0.1) is 0 Å². The summed E-state index contributed by atoms with van der Waals surface area (Å²) in [5, 5.41) is 16.9. The largest absolute Gasteiger partial charge is 0.507 e. The van der Waals surface area contributed by atoms with Crippen molar-refractivity contribution in [3.05, 3.63) is 88.6 Å². The maximum absolute atomic E-state index is 10.6. The Morgan fingerprint density at radius 2 is 1.61 bits per heavy atom. The Kier molecular flexibility index (Phi) is 3.60. The topological polar surface area (TPSA) is 20.2 Å². The third-order valence-electron chi connectivity index (χ3n) is 4.21.